The van der Waals surface area contributed by atoms with Gasteiger partial charge < -0.3 is 15.8 Å². The average molecular weight is 238 g/mol. The molecule has 3 amide bonds. The first-order chi connectivity index (χ1) is 8.11. The van der Waals surface area contributed by atoms with Crippen LogP contribution < -0.4 is 21.1 Å². The Hall–Kier alpha value is -2.15. The minimum absolute atomic E-state index is 0.00890. The van der Waals surface area contributed by atoms with Crippen LogP contribution in [0.3, 0.4) is 0 Å². The molecule has 7 heteroatoms. The van der Waals surface area contributed by atoms with Gasteiger partial charge in [0, 0.05) is 18.8 Å². The summed E-state index contributed by atoms with van der Waals surface area (Å²) in [6, 6.07) is 2.69. The van der Waals surface area contributed by atoms with Crippen LogP contribution in [0.25, 0.3) is 0 Å². The molecule has 7 nitrogen and oxygen atoms in total. The predicted octanol–water partition coefficient (Wildman–Crippen LogP) is -0.625. The monoisotopic (exact) mass is 238 g/mol. The second-order valence-corrected chi connectivity index (χ2v) is 3.22. The van der Waals surface area contributed by atoms with E-state index in [9.17, 15) is 9.59 Å². The summed E-state index contributed by atoms with van der Waals surface area (Å²) in [7, 11) is 1.54. The van der Waals surface area contributed by atoms with E-state index in [1.165, 1.54) is 7.11 Å². The SMILES string of the molecule is COc1ccc(CNCC(=O)NC(N)=O)cn1. The van der Waals surface area contributed by atoms with Crippen molar-refractivity contribution in [2.75, 3.05) is 13.7 Å². The molecule has 0 atom stereocenters. The van der Waals surface area contributed by atoms with Crippen LogP contribution in [0.1, 0.15) is 5.56 Å². The Kier molecular flexibility index (Phi) is 4.89. The smallest absolute Gasteiger partial charge is 0.318 e. The van der Waals surface area contributed by atoms with Crippen LogP contribution in [-0.4, -0.2) is 30.6 Å². The van der Waals surface area contributed by atoms with Gasteiger partial charge in [0.1, 0.15) is 0 Å². The number of rotatable bonds is 5. The first kappa shape index (κ1) is 12.9. The predicted molar refractivity (Wildman–Crippen MR) is 60.2 cm³/mol. The van der Waals surface area contributed by atoms with Crippen molar-refractivity contribution in [1.29, 1.82) is 0 Å². The zero-order chi connectivity index (χ0) is 12.7. The Morgan fingerprint density at radius 3 is 2.76 bits per heavy atom. The van der Waals surface area contributed by atoms with Crippen molar-refractivity contribution >= 4 is 11.9 Å². The maximum absolute atomic E-state index is 11.0. The van der Waals surface area contributed by atoms with Crippen LogP contribution >= 0.6 is 0 Å². The van der Waals surface area contributed by atoms with E-state index in [4.69, 9.17) is 10.5 Å². The highest BCUT2D eigenvalue weighted by molar-refractivity contribution is 5.94. The lowest BCUT2D eigenvalue weighted by Crippen LogP contribution is -2.40. The van der Waals surface area contributed by atoms with Crippen LogP contribution in [0.5, 0.6) is 5.88 Å². The van der Waals surface area contributed by atoms with E-state index in [-0.39, 0.29) is 6.54 Å². The van der Waals surface area contributed by atoms with Gasteiger partial charge in [-0.25, -0.2) is 9.78 Å². The lowest BCUT2D eigenvalue weighted by Gasteiger charge is -2.04. The summed E-state index contributed by atoms with van der Waals surface area (Å²) < 4.78 is 4.91. The number of ether oxygens (including phenoxy) is 1. The van der Waals surface area contributed by atoms with Crippen LogP contribution in [0.2, 0.25) is 0 Å². The second kappa shape index (κ2) is 6.44. The Morgan fingerprint density at radius 1 is 1.47 bits per heavy atom. The fourth-order valence-corrected chi connectivity index (χ4v) is 1.14. The molecule has 0 saturated heterocycles. The number of methoxy groups -OCH3 is 1. The number of hydrogen-bond donors (Lipinski definition) is 3. The van der Waals surface area contributed by atoms with Crippen LogP contribution in [0.4, 0.5) is 4.79 Å². The molecule has 1 aromatic heterocycles. The fraction of sp³-hybridized carbons (Fsp3) is 0.300. The number of nitrogens with one attached hydrogen (secondary N) is 2. The topological polar surface area (TPSA) is 106 Å². The van der Waals surface area contributed by atoms with Crippen molar-refractivity contribution in [3.05, 3.63) is 23.9 Å². The third-order valence-corrected chi connectivity index (χ3v) is 1.88. The number of primary amides is 1. The van der Waals surface area contributed by atoms with E-state index in [1.807, 2.05) is 11.4 Å². The van der Waals surface area contributed by atoms with Gasteiger partial charge in [0.05, 0.1) is 13.7 Å². The van der Waals surface area contributed by atoms with Gasteiger partial charge in [-0.05, 0) is 5.56 Å². The summed E-state index contributed by atoms with van der Waals surface area (Å²) in [6.07, 6.45) is 1.64. The summed E-state index contributed by atoms with van der Waals surface area (Å²) in [5, 5.41) is 4.79. The molecular formula is C10H14N4O3. The van der Waals surface area contributed by atoms with Crippen molar-refractivity contribution in [2.24, 2.45) is 5.73 Å². The molecular weight excluding hydrogens is 224 g/mol. The van der Waals surface area contributed by atoms with Gasteiger partial charge in [-0.3, -0.25) is 10.1 Å². The molecule has 1 heterocycles. The van der Waals surface area contributed by atoms with E-state index in [2.05, 4.69) is 10.3 Å². The average Bonchev–Trinajstić information content (AvgIpc) is 2.29. The van der Waals surface area contributed by atoms with E-state index in [0.29, 0.717) is 12.4 Å². The standard InChI is InChI=1S/C10H14N4O3/c1-17-9-3-2-7(5-13-9)4-12-6-8(15)14-10(11)16/h2-3,5,12H,4,6H2,1H3,(H3,11,14,15,16). The fourth-order valence-electron chi connectivity index (χ4n) is 1.14. The summed E-state index contributed by atoms with van der Waals surface area (Å²) in [4.78, 5) is 25.4. The number of nitrogens with two attached hydrogens (primary N) is 1. The Labute approximate surface area is 98.4 Å². The number of amides is 3. The summed E-state index contributed by atoms with van der Waals surface area (Å²) in [5.41, 5.74) is 5.69. The van der Waals surface area contributed by atoms with Crippen LogP contribution in [0.15, 0.2) is 18.3 Å². The van der Waals surface area contributed by atoms with Crippen molar-refractivity contribution < 1.29 is 14.3 Å². The number of nitrogens with zero attached hydrogens (tertiary/aromatic N) is 1. The molecule has 4 N–H and O–H groups in total. The maximum Gasteiger partial charge on any atom is 0.318 e. The first-order valence-electron chi connectivity index (χ1n) is 4.90. The zero-order valence-corrected chi connectivity index (χ0v) is 9.40. The highest BCUT2D eigenvalue weighted by atomic mass is 16.5. The largest absolute Gasteiger partial charge is 0.481 e. The van der Waals surface area contributed by atoms with Gasteiger partial charge in [0.2, 0.25) is 11.8 Å². The highest BCUT2D eigenvalue weighted by Gasteiger charge is 2.03. The van der Waals surface area contributed by atoms with E-state index in [0.717, 1.165) is 5.56 Å². The molecule has 1 rings (SSSR count). The van der Waals surface area contributed by atoms with Crippen LogP contribution in [0, 0.1) is 0 Å². The maximum atomic E-state index is 11.0. The molecule has 0 unspecified atom stereocenters. The Morgan fingerprint density at radius 2 is 2.24 bits per heavy atom. The lowest BCUT2D eigenvalue weighted by molar-refractivity contribution is -0.119. The molecule has 0 radical (unpaired) electrons. The van der Waals surface area contributed by atoms with Gasteiger partial charge >= 0.3 is 6.03 Å². The minimum Gasteiger partial charge on any atom is -0.481 e. The summed E-state index contributed by atoms with van der Waals surface area (Å²) in [5.74, 6) is 0.0548. The molecule has 0 fully saturated rings. The third kappa shape index (κ3) is 4.94. The number of carbonyl (C=O) groups is 2. The zero-order valence-electron chi connectivity index (χ0n) is 9.40. The number of carbonyl (C=O) groups excluding carboxylic acids is 2. The normalized spacial score (nSPS) is 9.71. The minimum atomic E-state index is -0.858. The summed E-state index contributed by atoms with van der Waals surface area (Å²) in [6.45, 7) is 0.470. The van der Waals surface area contributed by atoms with Crippen molar-refractivity contribution in [2.45, 2.75) is 6.54 Å². The Balaban J connectivity index is 2.30. The summed E-state index contributed by atoms with van der Waals surface area (Å²) >= 11 is 0. The number of imide groups is 1. The molecule has 0 aromatic carbocycles. The molecule has 0 aliphatic rings. The molecule has 0 bridgehead atoms. The van der Waals surface area contributed by atoms with E-state index < -0.39 is 11.9 Å². The van der Waals surface area contributed by atoms with E-state index in [1.54, 1.807) is 12.3 Å². The second-order valence-electron chi connectivity index (χ2n) is 3.22. The lowest BCUT2D eigenvalue weighted by atomic mass is 10.3. The number of pyridine rings is 1. The number of aromatic nitrogens is 1. The third-order valence-electron chi connectivity index (χ3n) is 1.88. The van der Waals surface area contributed by atoms with Crippen molar-refractivity contribution in [3.63, 3.8) is 0 Å². The van der Waals surface area contributed by atoms with E-state index >= 15 is 0 Å². The molecule has 1 aromatic rings. The van der Waals surface area contributed by atoms with Gasteiger partial charge in [0.25, 0.3) is 0 Å². The van der Waals surface area contributed by atoms with Crippen molar-refractivity contribution in [1.82, 2.24) is 15.6 Å². The number of urea groups is 1. The van der Waals surface area contributed by atoms with Crippen LogP contribution in [-0.2, 0) is 11.3 Å². The molecule has 0 saturated carbocycles. The molecule has 0 aliphatic heterocycles. The van der Waals surface area contributed by atoms with Gasteiger partial charge in [-0.1, -0.05) is 6.07 Å². The first-order valence-corrected chi connectivity index (χ1v) is 4.90. The quantitative estimate of drug-likeness (QED) is 0.633. The van der Waals surface area contributed by atoms with Gasteiger partial charge in [0.15, 0.2) is 0 Å². The van der Waals surface area contributed by atoms with Gasteiger partial charge in [-0.15, -0.1) is 0 Å². The molecule has 92 valence electrons. The molecule has 0 spiro atoms. The highest BCUT2D eigenvalue weighted by Crippen LogP contribution is 2.05. The van der Waals surface area contributed by atoms with Crippen molar-refractivity contribution in [3.8, 4) is 5.88 Å². The molecule has 17 heavy (non-hydrogen) atoms. The van der Waals surface area contributed by atoms with Gasteiger partial charge in [-0.2, -0.15) is 0 Å². The molecule has 0 aliphatic carbocycles. The number of hydrogen-bond acceptors (Lipinski definition) is 5. The Bertz CT molecular complexity index is 391.